The van der Waals surface area contributed by atoms with Gasteiger partial charge in [0.2, 0.25) is 6.79 Å². The van der Waals surface area contributed by atoms with E-state index in [1.165, 1.54) is 18.1 Å². The third-order valence-electron chi connectivity index (χ3n) is 11.7. The number of fused-ring (bicyclic) bond motifs is 3. The fraction of sp³-hybridized carbons (Fsp3) is 0.500. The largest absolute Gasteiger partial charge is 0.504 e. The number of hydrogen-bond acceptors (Lipinski definition) is 12. The van der Waals surface area contributed by atoms with E-state index in [4.69, 9.17) is 29.4 Å². The number of thioether (sulfide) groups is 1. The lowest BCUT2D eigenvalue weighted by atomic mass is 9.80. The number of nitrogens with two attached hydrogens (primary N) is 1. The number of hydrogen-bond donors (Lipinski definition) is 3. The second-order valence-corrected chi connectivity index (χ2v) is 15.9. The number of carbonyl (C=O) groups is 1. The van der Waals surface area contributed by atoms with Crippen molar-refractivity contribution in [2.45, 2.75) is 56.6 Å². The number of aryl methyl sites for hydroxylation is 1. The summed E-state index contributed by atoms with van der Waals surface area (Å²) in [6.07, 6.45) is 0.855. The average molecular weight is 720 g/mol. The number of nitrogens with zero attached hydrogens (tertiary/aromatic N) is 3. The van der Waals surface area contributed by atoms with Crippen molar-refractivity contribution in [1.82, 2.24) is 9.80 Å². The summed E-state index contributed by atoms with van der Waals surface area (Å²) >= 11 is 1.86. The lowest BCUT2D eigenvalue weighted by Crippen LogP contribution is -2.56. The molecule has 0 spiro atoms. The SMILES string of the molecule is COc1c(C)ccc(C2C3C4SCC5c6cc(OCCO)c(N)cc6CC[N+]5(C)CC(c5c6c(c(C)c(OC(C)=O)c54)OCO6)N3CN2C)c1O. The summed E-state index contributed by atoms with van der Waals surface area (Å²) in [5.74, 6) is 3.49. The molecule has 3 aromatic rings. The van der Waals surface area contributed by atoms with Crippen LogP contribution in [0.3, 0.4) is 0 Å². The van der Waals surface area contributed by atoms with Crippen molar-refractivity contribution in [3.8, 4) is 34.5 Å². The van der Waals surface area contributed by atoms with Gasteiger partial charge in [-0.15, -0.1) is 11.8 Å². The number of quaternary nitrogens is 1. The lowest BCUT2D eigenvalue weighted by molar-refractivity contribution is -0.941. The van der Waals surface area contributed by atoms with Crippen LogP contribution in [-0.2, 0) is 11.2 Å². The number of ether oxygens (including phenoxy) is 5. The maximum atomic E-state index is 12.8. The van der Waals surface area contributed by atoms with Crippen LogP contribution in [0, 0.1) is 13.8 Å². The molecule has 0 radical (unpaired) electrons. The van der Waals surface area contributed by atoms with Crippen molar-refractivity contribution < 1.29 is 43.2 Å². The Labute approximate surface area is 302 Å². The number of phenolic OH excluding ortho intramolecular Hbond substituents is 1. The fourth-order valence-corrected chi connectivity index (χ4v) is 11.3. The number of carbonyl (C=O) groups excluding carboxylic acids is 1. The molecule has 272 valence electrons. The number of esters is 1. The van der Waals surface area contributed by atoms with Crippen LogP contribution in [0.4, 0.5) is 5.69 Å². The third-order valence-corrected chi connectivity index (χ3v) is 13.1. The van der Waals surface area contributed by atoms with Gasteiger partial charge in [0.25, 0.3) is 0 Å². The average Bonchev–Trinajstić information content (AvgIpc) is 3.73. The predicted octanol–water partition coefficient (Wildman–Crippen LogP) is 4.53. The number of phenols is 1. The highest BCUT2D eigenvalue weighted by Crippen LogP contribution is 2.64. The van der Waals surface area contributed by atoms with Gasteiger partial charge in [0.05, 0.1) is 69.3 Å². The van der Waals surface area contributed by atoms with Gasteiger partial charge >= 0.3 is 5.97 Å². The quantitative estimate of drug-likeness (QED) is 0.143. The third kappa shape index (κ3) is 5.22. The van der Waals surface area contributed by atoms with Gasteiger partial charge in [-0.25, -0.2) is 0 Å². The molecule has 0 amide bonds. The molecule has 2 fully saturated rings. The topological polar surface area (TPSA) is 136 Å². The van der Waals surface area contributed by atoms with E-state index in [1.54, 1.807) is 7.11 Å². The highest BCUT2D eigenvalue weighted by atomic mass is 32.2. The summed E-state index contributed by atoms with van der Waals surface area (Å²) in [7, 11) is 6.05. The summed E-state index contributed by atoms with van der Waals surface area (Å²) < 4.78 is 31.0. The predicted molar refractivity (Wildman–Crippen MR) is 193 cm³/mol. The molecule has 6 aliphatic rings. The van der Waals surface area contributed by atoms with E-state index in [-0.39, 0.29) is 55.2 Å². The Kier molecular flexibility index (Phi) is 8.49. The van der Waals surface area contributed by atoms with Crippen LogP contribution in [0.15, 0.2) is 24.3 Å². The first-order chi connectivity index (χ1) is 24.5. The first-order valence-electron chi connectivity index (χ1n) is 17.6. The maximum Gasteiger partial charge on any atom is 0.308 e. The Hall–Kier alpha value is -3.88. The van der Waals surface area contributed by atoms with Crippen molar-refractivity contribution >= 4 is 23.4 Å². The fourth-order valence-electron chi connectivity index (χ4n) is 9.46. The lowest BCUT2D eigenvalue weighted by Gasteiger charge is -2.49. The summed E-state index contributed by atoms with van der Waals surface area (Å²) in [6, 6.07) is 7.82. The smallest absolute Gasteiger partial charge is 0.308 e. The Morgan fingerprint density at radius 1 is 1.14 bits per heavy atom. The number of benzene rings is 3. The molecule has 6 atom stereocenters. The Morgan fingerprint density at radius 2 is 1.92 bits per heavy atom. The number of aliphatic hydroxyl groups is 1. The second kappa shape index (κ2) is 12.7. The summed E-state index contributed by atoms with van der Waals surface area (Å²) in [4.78, 5) is 17.7. The molecule has 3 aromatic carbocycles. The number of nitrogen functional groups attached to an aromatic ring is 1. The highest BCUT2D eigenvalue weighted by molar-refractivity contribution is 7.99. The minimum absolute atomic E-state index is 0.0966. The maximum absolute atomic E-state index is 12.8. The molecule has 2 saturated heterocycles. The summed E-state index contributed by atoms with van der Waals surface area (Å²) in [5, 5.41) is 21.1. The number of aromatic hydroxyl groups is 1. The number of rotatable bonds is 6. The van der Waals surface area contributed by atoms with E-state index in [2.05, 4.69) is 30.0 Å². The second-order valence-electron chi connectivity index (χ2n) is 14.7. The van der Waals surface area contributed by atoms with Crippen molar-refractivity contribution in [3.05, 3.63) is 63.2 Å². The molecule has 0 aliphatic carbocycles. The van der Waals surface area contributed by atoms with Gasteiger partial charge in [0.1, 0.15) is 24.1 Å². The standard InChI is InChI=1S/C38H46N4O8S/c1-19-7-8-23(33(45)34(19)46-6)31-32-38-30-29(37-36(48-18-49-37)20(2)35(30)50-21(3)44)26(41(32)17-40(31)4)15-42(5)10-9-22-13-25(39)28(47-12-11-43)14-24(22)27(42)16-51-38/h7-8,13-14,26-27,31-32,38,43H,9-12,15-18,39H2,1-6H3/p+1. The van der Waals surface area contributed by atoms with Crippen LogP contribution in [0.5, 0.6) is 34.5 Å². The minimum atomic E-state index is -0.392. The number of likely N-dealkylation sites (N-methyl/N-ethyl adjacent to an activating group) is 2. The van der Waals surface area contributed by atoms with Crippen LogP contribution >= 0.6 is 11.8 Å². The highest BCUT2D eigenvalue weighted by Gasteiger charge is 2.58. The summed E-state index contributed by atoms with van der Waals surface area (Å²) in [6.45, 7) is 7.79. The Balaban J connectivity index is 1.35. The van der Waals surface area contributed by atoms with Crippen molar-refractivity contribution in [2.75, 3.05) is 72.5 Å². The molecule has 6 heterocycles. The normalized spacial score (nSPS) is 27.8. The molecule has 9 rings (SSSR count). The first kappa shape index (κ1) is 34.2. The number of anilines is 1. The van der Waals surface area contributed by atoms with Crippen LogP contribution in [0.1, 0.15) is 69.2 Å². The number of methoxy groups -OCH3 is 1. The van der Waals surface area contributed by atoms with Gasteiger partial charge in [-0.05, 0) is 44.2 Å². The Bertz CT molecular complexity index is 1920. The monoisotopic (exact) mass is 719 g/mol. The van der Waals surface area contributed by atoms with Gasteiger partial charge < -0.3 is 44.1 Å². The zero-order valence-corrected chi connectivity index (χ0v) is 30.8. The molecular formula is C38H47N4O8S+. The zero-order valence-electron chi connectivity index (χ0n) is 30.0. The van der Waals surface area contributed by atoms with E-state index < -0.39 is 5.97 Å². The van der Waals surface area contributed by atoms with E-state index >= 15 is 0 Å². The molecule has 0 aromatic heterocycles. The molecule has 13 heteroatoms. The van der Waals surface area contributed by atoms with E-state index in [0.29, 0.717) is 35.4 Å². The van der Waals surface area contributed by atoms with Crippen LogP contribution in [-0.4, -0.2) is 103 Å². The van der Waals surface area contributed by atoms with Gasteiger partial charge in [0, 0.05) is 47.2 Å². The zero-order chi connectivity index (χ0) is 35.9. The molecule has 0 saturated carbocycles. The van der Waals surface area contributed by atoms with Crippen molar-refractivity contribution in [2.24, 2.45) is 0 Å². The molecule has 6 unspecified atom stereocenters. The molecule has 6 aliphatic heterocycles. The Morgan fingerprint density at radius 3 is 2.67 bits per heavy atom. The summed E-state index contributed by atoms with van der Waals surface area (Å²) in [5.41, 5.74) is 13.9. The minimum Gasteiger partial charge on any atom is -0.504 e. The molecular weight excluding hydrogens is 673 g/mol. The molecule has 4 N–H and O–H groups in total. The molecule has 12 nitrogen and oxygen atoms in total. The van der Waals surface area contributed by atoms with Gasteiger partial charge in [-0.1, -0.05) is 12.1 Å². The van der Waals surface area contributed by atoms with Gasteiger partial charge in [-0.3, -0.25) is 14.6 Å². The van der Waals surface area contributed by atoms with E-state index in [9.17, 15) is 15.0 Å². The van der Waals surface area contributed by atoms with Gasteiger partial charge in [0.15, 0.2) is 23.0 Å². The molecule has 51 heavy (non-hydrogen) atoms. The van der Waals surface area contributed by atoms with Crippen LogP contribution in [0.2, 0.25) is 0 Å². The molecule has 2 bridgehead atoms. The van der Waals surface area contributed by atoms with Gasteiger partial charge in [-0.2, -0.15) is 0 Å². The van der Waals surface area contributed by atoms with Crippen LogP contribution in [0.25, 0.3) is 0 Å². The van der Waals surface area contributed by atoms with Crippen LogP contribution < -0.4 is 29.4 Å². The van der Waals surface area contributed by atoms with Crippen molar-refractivity contribution in [1.29, 1.82) is 0 Å². The van der Waals surface area contributed by atoms with E-state index in [0.717, 1.165) is 63.3 Å². The number of aliphatic hydroxyl groups excluding tert-OH is 1. The van der Waals surface area contributed by atoms with Crippen molar-refractivity contribution in [3.63, 3.8) is 0 Å². The van der Waals surface area contributed by atoms with E-state index in [1.807, 2.05) is 43.8 Å². The first-order valence-corrected chi connectivity index (χ1v) is 18.6.